The van der Waals surface area contributed by atoms with E-state index in [2.05, 4.69) is 36.8 Å². The molecular formula is C9H14IN. The van der Waals surface area contributed by atoms with Crippen molar-refractivity contribution < 1.29 is 0 Å². The van der Waals surface area contributed by atoms with Gasteiger partial charge in [-0.25, -0.2) is 0 Å². The van der Waals surface area contributed by atoms with Crippen molar-refractivity contribution in [2.45, 2.75) is 6.92 Å². The molecule has 1 heterocycles. The molecule has 1 aliphatic heterocycles. The molecule has 1 aliphatic rings. The molecule has 62 valence electrons. The van der Waals surface area contributed by atoms with Crippen LogP contribution in [0.15, 0.2) is 36.6 Å². The van der Waals surface area contributed by atoms with Crippen molar-refractivity contribution in [3.8, 4) is 0 Å². The van der Waals surface area contributed by atoms with E-state index in [4.69, 9.17) is 0 Å². The molecule has 0 saturated carbocycles. The van der Waals surface area contributed by atoms with Crippen molar-refractivity contribution in [3.05, 3.63) is 36.6 Å². The number of nitrogens with zero attached hydrogens (tertiary/aromatic N) is 1. The minimum absolute atomic E-state index is 0. The number of hydrogen-bond donors (Lipinski definition) is 0. The molecule has 0 aromatic heterocycles. The molecular weight excluding hydrogens is 249 g/mol. The van der Waals surface area contributed by atoms with Crippen LogP contribution in [-0.2, 0) is 0 Å². The molecule has 1 rings (SSSR count). The molecule has 0 aromatic carbocycles. The van der Waals surface area contributed by atoms with E-state index >= 15 is 0 Å². The van der Waals surface area contributed by atoms with Crippen LogP contribution in [0.4, 0.5) is 0 Å². The van der Waals surface area contributed by atoms with Gasteiger partial charge in [0, 0.05) is 13.1 Å². The van der Waals surface area contributed by atoms with Gasteiger partial charge in [0.25, 0.3) is 0 Å². The average Bonchev–Trinajstić information content (AvgIpc) is 1.95. The lowest BCUT2D eigenvalue weighted by atomic mass is 10.2. The molecule has 0 fully saturated rings. The van der Waals surface area contributed by atoms with Gasteiger partial charge in [-0.3, -0.25) is 0 Å². The maximum atomic E-state index is 3.68. The highest BCUT2D eigenvalue weighted by Gasteiger charge is 1.97. The molecule has 0 unspecified atom stereocenters. The summed E-state index contributed by atoms with van der Waals surface area (Å²) in [6.45, 7) is 7.76. The molecule has 1 nitrogen and oxygen atoms in total. The lowest BCUT2D eigenvalue weighted by Crippen LogP contribution is -2.19. The molecule has 0 amide bonds. The van der Waals surface area contributed by atoms with Crippen molar-refractivity contribution in [2.24, 2.45) is 0 Å². The summed E-state index contributed by atoms with van der Waals surface area (Å²) in [4.78, 5) is 2.21. The van der Waals surface area contributed by atoms with Gasteiger partial charge >= 0.3 is 0 Å². The van der Waals surface area contributed by atoms with Gasteiger partial charge in [-0.2, -0.15) is 0 Å². The van der Waals surface area contributed by atoms with Crippen LogP contribution in [0, 0.1) is 0 Å². The summed E-state index contributed by atoms with van der Waals surface area (Å²) in [7, 11) is 0. The first-order valence-electron chi connectivity index (χ1n) is 3.53. The molecule has 0 spiro atoms. The van der Waals surface area contributed by atoms with Gasteiger partial charge in [-0.15, -0.1) is 30.6 Å². The fraction of sp³-hybridized carbons (Fsp3) is 0.333. The third-order valence-corrected chi connectivity index (χ3v) is 1.56. The van der Waals surface area contributed by atoms with Crippen LogP contribution < -0.4 is 0 Å². The van der Waals surface area contributed by atoms with Gasteiger partial charge in [0.2, 0.25) is 0 Å². The number of rotatable bonds is 2. The Balaban J connectivity index is 0.000001000. The molecule has 0 radical (unpaired) electrons. The van der Waals surface area contributed by atoms with Gasteiger partial charge in [-0.1, -0.05) is 17.7 Å². The normalized spacial score (nSPS) is 15.4. The zero-order valence-corrected chi connectivity index (χ0v) is 9.12. The Hall–Kier alpha value is -0.250. The smallest absolute Gasteiger partial charge is 0.0363 e. The van der Waals surface area contributed by atoms with Gasteiger partial charge < -0.3 is 4.90 Å². The van der Waals surface area contributed by atoms with Crippen LogP contribution >= 0.6 is 24.0 Å². The molecule has 0 bridgehead atoms. The van der Waals surface area contributed by atoms with E-state index in [1.165, 1.54) is 5.57 Å². The Morgan fingerprint density at radius 1 is 1.73 bits per heavy atom. The highest BCUT2D eigenvalue weighted by atomic mass is 127. The Morgan fingerprint density at radius 2 is 2.45 bits per heavy atom. The summed E-state index contributed by atoms with van der Waals surface area (Å²) in [6.07, 6.45) is 8.35. The van der Waals surface area contributed by atoms with E-state index in [1.54, 1.807) is 0 Å². The van der Waals surface area contributed by atoms with Crippen LogP contribution in [-0.4, -0.2) is 18.0 Å². The molecule has 0 aromatic rings. The monoisotopic (exact) mass is 263 g/mol. The lowest BCUT2D eigenvalue weighted by molar-refractivity contribution is 0.456. The first kappa shape index (κ1) is 10.8. The standard InChI is InChI=1S/C9H13N.HI/c1-3-6-10-7-4-9(2)5-8-10;/h3-5,7H,1,6,8H2,2H3;1H. The van der Waals surface area contributed by atoms with E-state index in [0.717, 1.165) is 13.1 Å². The molecule has 0 N–H and O–H groups in total. The Bertz CT molecular complexity index is 182. The minimum atomic E-state index is 0. The summed E-state index contributed by atoms with van der Waals surface area (Å²) in [5.41, 5.74) is 1.35. The Kier molecular flexibility index (Phi) is 5.28. The predicted molar refractivity (Wildman–Crippen MR) is 60.1 cm³/mol. The summed E-state index contributed by atoms with van der Waals surface area (Å²) in [5, 5.41) is 0. The fourth-order valence-corrected chi connectivity index (χ4v) is 0.914. The first-order valence-corrected chi connectivity index (χ1v) is 3.53. The largest absolute Gasteiger partial charge is 0.370 e. The highest BCUT2D eigenvalue weighted by molar-refractivity contribution is 14.0. The van der Waals surface area contributed by atoms with E-state index in [-0.39, 0.29) is 24.0 Å². The van der Waals surface area contributed by atoms with Crippen LogP contribution in [0.1, 0.15) is 6.92 Å². The lowest BCUT2D eigenvalue weighted by Gasteiger charge is -2.19. The summed E-state index contributed by atoms with van der Waals surface area (Å²) in [6, 6.07) is 0. The topological polar surface area (TPSA) is 3.24 Å². The maximum Gasteiger partial charge on any atom is 0.0363 e. The van der Waals surface area contributed by atoms with Crippen LogP contribution in [0.2, 0.25) is 0 Å². The van der Waals surface area contributed by atoms with Gasteiger partial charge in [0.05, 0.1) is 0 Å². The van der Waals surface area contributed by atoms with Crippen molar-refractivity contribution in [1.29, 1.82) is 0 Å². The zero-order valence-electron chi connectivity index (χ0n) is 6.79. The minimum Gasteiger partial charge on any atom is -0.370 e. The first-order chi connectivity index (χ1) is 4.83. The summed E-state index contributed by atoms with van der Waals surface area (Å²) in [5.74, 6) is 0. The van der Waals surface area contributed by atoms with E-state index in [9.17, 15) is 0 Å². The second-order valence-electron chi connectivity index (χ2n) is 2.51. The number of allylic oxidation sites excluding steroid dienone is 2. The average molecular weight is 263 g/mol. The van der Waals surface area contributed by atoms with E-state index < -0.39 is 0 Å². The molecule has 0 saturated heterocycles. The Morgan fingerprint density at radius 3 is 2.91 bits per heavy atom. The van der Waals surface area contributed by atoms with Crippen molar-refractivity contribution in [2.75, 3.05) is 13.1 Å². The number of hydrogen-bond acceptors (Lipinski definition) is 1. The molecule has 2 heteroatoms. The second-order valence-corrected chi connectivity index (χ2v) is 2.51. The predicted octanol–water partition coefficient (Wildman–Crippen LogP) is 2.57. The van der Waals surface area contributed by atoms with Crippen molar-refractivity contribution in [3.63, 3.8) is 0 Å². The van der Waals surface area contributed by atoms with Gasteiger partial charge in [0.15, 0.2) is 0 Å². The molecule has 11 heavy (non-hydrogen) atoms. The van der Waals surface area contributed by atoms with E-state index in [0.29, 0.717) is 0 Å². The van der Waals surface area contributed by atoms with Crippen LogP contribution in [0.3, 0.4) is 0 Å². The SMILES string of the molecule is C=CCN1C=CC(C)=CC1.I. The van der Waals surface area contributed by atoms with Crippen LogP contribution in [0.25, 0.3) is 0 Å². The summed E-state index contributed by atoms with van der Waals surface area (Å²) < 4.78 is 0. The Labute approximate surface area is 85.5 Å². The van der Waals surface area contributed by atoms with Gasteiger partial charge in [0.1, 0.15) is 0 Å². The molecule has 0 atom stereocenters. The van der Waals surface area contributed by atoms with Crippen molar-refractivity contribution in [1.82, 2.24) is 4.90 Å². The summed E-state index contributed by atoms with van der Waals surface area (Å²) >= 11 is 0. The molecule has 0 aliphatic carbocycles. The zero-order chi connectivity index (χ0) is 7.40. The maximum absolute atomic E-state index is 3.68. The quantitative estimate of drug-likeness (QED) is 0.546. The third-order valence-electron chi connectivity index (χ3n) is 1.56. The second kappa shape index (κ2) is 5.41. The fourth-order valence-electron chi connectivity index (χ4n) is 0.914. The highest BCUT2D eigenvalue weighted by Crippen LogP contribution is 2.04. The van der Waals surface area contributed by atoms with Crippen molar-refractivity contribution >= 4 is 24.0 Å². The van der Waals surface area contributed by atoms with Gasteiger partial charge in [-0.05, 0) is 19.2 Å². The van der Waals surface area contributed by atoms with E-state index in [1.807, 2.05) is 6.08 Å². The number of halogens is 1. The third kappa shape index (κ3) is 3.60. The van der Waals surface area contributed by atoms with Crippen LogP contribution in [0.5, 0.6) is 0 Å².